The van der Waals surface area contributed by atoms with E-state index in [2.05, 4.69) is 17.2 Å². The Morgan fingerprint density at radius 2 is 2.38 bits per heavy atom. The minimum atomic E-state index is 0.0107. The summed E-state index contributed by atoms with van der Waals surface area (Å²) in [5.41, 5.74) is 12.1. The molecule has 0 radical (unpaired) electrons. The van der Waals surface area contributed by atoms with Crippen molar-refractivity contribution in [2.24, 2.45) is 11.5 Å². The van der Waals surface area contributed by atoms with E-state index in [9.17, 15) is 0 Å². The van der Waals surface area contributed by atoms with Crippen molar-refractivity contribution in [1.82, 2.24) is 15.0 Å². The first kappa shape index (κ1) is 10.1. The Morgan fingerprint density at radius 3 is 3.00 bits per heavy atom. The van der Waals surface area contributed by atoms with Gasteiger partial charge in [0.05, 0.1) is 24.5 Å². The van der Waals surface area contributed by atoms with E-state index >= 15 is 0 Å². The third-order valence-electron chi connectivity index (χ3n) is 1.89. The minimum absolute atomic E-state index is 0.0107. The van der Waals surface area contributed by atoms with Gasteiger partial charge in [0, 0.05) is 6.54 Å². The van der Waals surface area contributed by atoms with Gasteiger partial charge >= 0.3 is 0 Å². The molecular formula is C8H17N5. The van der Waals surface area contributed by atoms with Gasteiger partial charge in [-0.3, -0.25) is 4.68 Å². The molecule has 1 unspecified atom stereocenters. The van der Waals surface area contributed by atoms with Crippen LogP contribution in [0.3, 0.4) is 0 Å². The van der Waals surface area contributed by atoms with E-state index in [4.69, 9.17) is 11.5 Å². The molecule has 13 heavy (non-hydrogen) atoms. The van der Waals surface area contributed by atoms with Gasteiger partial charge in [-0.1, -0.05) is 18.6 Å². The van der Waals surface area contributed by atoms with Gasteiger partial charge in [-0.15, -0.1) is 5.10 Å². The molecule has 1 atom stereocenters. The van der Waals surface area contributed by atoms with Crippen LogP contribution >= 0.6 is 0 Å². The van der Waals surface area contributed by atoms with Gasteiger partial charge < -0.3 is 11.5 Å². The second kappa shape index (κ2) is 4.94. The summed E-state index contributed by atoms with van der Waals surface area (Å²) in [7, 11) is 0. The summed E-state index contributed by atoms with van der Waals surface area (Å²) in [6.07, 6.45) is 3.87. The molecule has 0 aromatic carbocycles. The quantitative estimate of drug-likeness (QED) is 0.675. The number of hydrogen-bond donors (Lipinski definition) is 2. The van der Waals surface area contributed by atoms with E-state index in [0.717, 1.165) is 18.5 Å². The van der Waals surface area contributed by atoms with Crippen molar-refractivity contribution in [2.75, 3.05) is 6.54 Å². The zero-order valence-corrected chi connectivity index (χ0v) is 7.98. The van der Waals surface area contributed by atoms with Gasteiger partial charge in [0.25, 0.3) is 0 Å². The van der Waals surface area contributed by atoms with Crippen LogP contribution < -0.4 is 11.5 Å². The maximum Gasteiger partial charge on any atom is 0.0994 e. The number of rotatable bonds is 5. The Bertz CT molecular complexity index is 244. The van der Waals surface area contributed by atoms with Gasteiger partial charge in [0.2, 0.25) is 0 Å². The first-order chi connectivity index (χ1) is 6.27. The molecular weight excluding hydrogens is 166 g/mol. The fraction of sp³-hybridized carbons (Fsp3) is 0.750. The van der Waals surface area contributed by atoms with Crippen LogP contribution in [-0.2, 0) is 6.54 Å². The number of aromatic nitrogens is 3. The SMILES string of the molecule is CCCC(N)c1cn(CCN)nn1. The summed E-state index contributed by atoms with van der Waals surface area (Å²) in [4.78, 5) is 0. The molecule has 1 heterocycles. The van der Waals surface area contributed by atoms with Crippen LogP contribution in [0.25, 0.3) is 0 Å². The monoisotopic (exact) mass is 183 g/mol. The van der Waals surface area contributed by atoms with Gasteiger partial charge in [0.15, 0.2) is 0 Å². The van der Waals surface area contributed by atoms with Crippen molar-refractivity contribution >= 4 is 0 Å². The molecule has 0 saturated heterocycles. The molecule has 5 heteroatoms. The molecule has 0 aliphatic carbocycles. The highest BCUT2D eigenvalue weighted by Gasteiger charge is 2.08. The average Bonchev–Trinajstić information content (AvgIpc) is 2.54. The Hall–Kier alpha value is -0.940. The Balaban J connectivity index is 2.56. The molecule has 0 amide bonds. The first-order valence-corrected chi connectivity index (χ1v) is 4.63. The minimum Gasteiger partial charge on any atom is -0.329 e. The zero-order valence-electron chi connectivity index (χ0n) is 7.98. The first-order valence-electron chi connectivity index (χ1n) is 4.63. The van der Waals surface area contributed by atoms with E-state index in [1.807, 2.05) is 6.20 Å². The van der Waals surface area contributed by atoms with Crippen LogP contribution in [0, 0.1) is 0 Å². The summed E-state index contributed by atoms with van der Waals surface area (Å²) in [5, 5.41) is 7.90. The highest BCUT2D eigenvalue weighted by molar-refractivity contribution is 4.99. The molecule has 1 aromatic heterocycles. The van der Waals surface area contributed by atoms with Crippen LogP contribution in [0.1, 0.15) is 31.5 Å². The molecule has 0 bridgehead atoms. The van der Waals surface area contributed by atoms with Gasteiger partial charge in [-0.25, -0.2) is 0 Å². The van der Waals surface area contributed by atoms with Crippen LogP contribution in [0.4, 0.5) is 0 Å². The molecule has 1 rings (SSSR count). The average molecular weight is 183 g/mol. The third-order valence-corrected chi connectivity index (χ3v) is 1.89. The molecule has 1 aromatic rings. The second-order valence-corrected chi connectivity index (χ2v) is 3.09. The molecule has 0 aliphatic heterocycles. The van der Waals surface area contributed by atoms with Crippen molar-refractivity contribution in [2.45, 2.75) is 32.4 Å². The summed E-state index contributed by atoms with van der Waals surface area (Å²) in [6.45, 7) is 3.38. The van der Waals surface area contributed by atoms with Crippen LogP contribution in [0.15, 0.2) is 6.20 Å². The Labute approximate surface area is 78.1 Å². The molecule has 4 N–H and O–H groups in total. The highest BCUT2D eigenvalue weighted by atomic mass is 15.4. The summed E-state index contributed by atoms with van der Waals surface area (Å²) >= 11 is 0. The summed E-state index contributed by atoms with van der Waals surface area (Å²) in [6, 6.07) is 0.0107. The van der Waals surface area contributed by atoms with E-state index in [-0.39, 0.29) is 6.04 Å². The lowest BCUT2D eigenvalue weighted by atomic mass is 10.1. The largest absolute Gasteiger partial charge is 0.329 e. The zero-order chi connectivity index (χ0) is 9.68. The smallest absolute Gasteiger partial charge is 0.0994 e. The van der Waals surface area contributed by atoms with E-state index in [1.165, 1.54) is 0 Å². The number of nitrogens with zero attached hydrogens (tertiary/aromatic N) is 3. The Morgan fingerprint density at radius 1 is 1.62 bits per heavy atom. The number of hydrogen-bond acceptors (Lipinski definition) is 4. The topological polar surface area (TPSA) is 82.8 Å². The van der Waals surface area contributed by atoms with E-state index < -0.39 is 0 Å². The van der Waals surface area contributed by atoms with Crippen molar-refractivity contribution in [3.63, 3.8) is 0 Å². The van der Waals surface area contributed by atoms with Crippen molar-refractivity contribution in [1.29, 1.82) is 0 Å². The maximum atomic E-state index is 5.87. The van der Waals surface area contributed by atoms with Crippen molar-refractivity contribution < 1.29 is 0 Å². The predicted octanol–water partition coefficient (Wildman–Crippen LogP) is 0.0367. The van der Waals surface area contributed by atoms with Crippen LogP contribution in [-0.4, -0.2) is 21.5 Å². The summed E-state index contributed by atoms with van der Waals surface area (Å²) < 4.78 is 1.73. The molecule has 74 valence electrons. The van der Waals surface area contributed by atoms with E-state index in [1.54, 1.807) is 4.68 Å². The molecule has 0 fully saturated rings. The van der Waals surface area contributed by atoms with Gasteiger partial charge in [0.1, 0.15) is 0 Å². The molecule has 0 spiro atoms. The predicted molar refractivity (Wildman–Crippen MR) is 50.9 cm³/mol. The highest BCUT2D eigenvalue weighted by Crippen LogP contribution is 2.11. The standard InChI is InChI=1S/C8H17N5/c1-2-3-7(10)8-6-13(5-4-9)12-11-8/h6-7H,2-5,9-10H2,1H3. The van der Waals surface area contributed by atoms with Gasteiger partial charge in [-0.05, 0) is 6.42 Å². The van der Waals surface area contributed by atoms with Gasteiger partial charge in [-0.2, -0.15) is 0 Å². The third kappa shape index (κ3) is 2.78. The van der Waals surface area contributed by atoms with Crippen LogP contribution in [0.5, 0.6) is 0 Å². The summed E-state index contributed by atoms with van der Waals surface area (Å²) in [5.74, 6) is 0. The maximum absolute atomic E-state index is 5.87. The fourth-order valence-corrected chi connectivity index (χ4v) is 1.18. The molecule has 0 saturated carbocycles. The lowest BCUT2D eigenvalue weighted by Gasteiger charge is -2.04. The number of nitrogens with two attached hydrogens (primary N) is 2. The van der Waals surface area contributed by atoms with Crippen molar-refractivity contribution in [3.05, 3.63) is 11.9 Å². The van der Waals surface area contributed by atoms with E-state index in [0.29, 0.717) is 13.1 Å². The molecule has 0 aliphatic rings. The normalized spacial score (nSPS) is 13.2. The fourth-order valence-electron chi connectivity index (χ4n) is 1.18. The van der Waals surface area contributed by atoms with Crippen molar-refractivity contribution in [3.8, 4) is 0 Å². The lowest BCUT2D eigenvalue weighted by molar-refractivity contribution is 0.596. The lowest BCUT2D eigenvalue weighted by Crippen LogP contribution is -2.11. The van der Waals surface area contributed by atoms with Crippen LogP contribution in [0.2, 0.25) is 0 Å². The second-order valence-electron chi connectivity index (χ2n) is 3.09. The Kier molecular flexibility index (Phi) is 3.85. The molecule has 5 nitrogen and oxygen atoms in total.